The standard InChI is InChI=1S/C35H42Cl2N6O6S/c1-24-20-30(42-15-11-38-23-42)26-4-2-6-31(34(26)40-24)49-22-27-28(36)7-8-32(33(27)37)50(46,47)43-12-3-5-29(43)35(45)39-21-25-9-13-41(14-10-25)16-18-48-19-17-44/h2,4,6-8,11,15,20,23,25,29,44H,3,5,9-10,12-14,16-19,21-22H2,1H3,(H,39,45)/t29-/m0/s1. The van der Waals surface area contributed by atoms with Crippen molar-refractivity contribution in [1.82, 2.24) is 29.1 Å². The Bertz CT molecular complexity index is 1900. The van der Waals surface area contributed by atoms with Crippen molar-refractivity contribution in [2.24, 2.45) is 5.92 Å². The molecule has 2 aliphatic heterocycles. The van der Waals surface area contributed by atoms with E-state index in [1.54, 1.807) is 18.6 Å². The van der Waals surface area contributed by atoms with Crippen molar-refractivity contribution in [1.29, 1.82) is 0 Å². The highest BCUT2D eigenvalue weighted by atomic mass is 35.5. The molecule has 0 saturated carbocycles. The predicted molar refractivity (Wildman–Crippen MR) is 191 cm³/mol. The van der Waals surface area contributed by atoms with Crippen LogP contribution < -0.4 is 10.1 Å². The molecule has 2 N–H and O–H groups in total. The number of pyridine rings is 1. The third-order valence-electron chi connectivity index (χ3n) is 9.37. The summed E-state index contributed by atoms with van der Waals surface area (Å²) in [5.74, 6) is 0.502. The zero-order valence-corrected chi connectivity index (χ0v) is 30.3. The Hall–Kier alpha value is -3.30. The first-order valence-electron chi connectivity index (χ1n) is 16.9. The van der Waals surface area contributed by atoms with Crippen LogP contribution in [0.5, 0.6) is 5.75 Å². The lowest BCUT2D eigenvalue weighted by atomic mass is 9.96. The lowest BCUT2D eigenvalue weighted by molar-refractivity contribution is -0.124. The van der Waals surface area contributed by atoms with Gasteiger partial charge in [0.15, 0.2) is 0 Å². The predicted octanol–water partition coefficient (Wildman–Crippen LogP) is 4.60. The maximum Gasteiger partial charge on any atom is 0.245 e. The topological polar surface area (TPSA) is 139 Å². The number of nitrogens with zero attached hydrogens (tertiary/aromatic N) is 5. The molecule has 0 unspecified atom stereocenters. The Morgan fingerprint density at radius 3 is 2.68 bits per heavy atom. The van der Waals surface area contributed by atoms with Gasteiger partial charge in [-0.2, -0.15) is 4.31 Å². The molecule has 4 heterocycles. The van der Waals surface area contributed by atoms with E-state index in [1.807, 2.05) is 35.9 Å². The number of amides is 1. The minimum atomic E-state index is -4.15. The zero-order valence-electron chi connectivity index (χ0n) is 27.9. The van der Waals surface area contributed by atoms with Crippen LogP contribution in [0.15, 0.2) is 60.0 Å². The van der Waals surface area contributed by atoms with Gasteiger partial charge in [0, 0.05) is 53.7 Å². The van der Waals surface area contributed by atoms with E-state index in [0.29, 0.717) is 55.3 Å². The number of imidazole rings is 1. The number of carbonyl (C=O) groups excluding carboxylic acids is 1. The Balaban J connectivity index is 1.12. The Kier molecular flexibility index (Phi) is 11.9. The number of aliphatic hydroxyl groups excluding tert-OH is 1. The smallest absolute Gasteiger partial charge is 0.245 e. The second-order valence-electron chi connectivity index (χ2n) is 12.7. The van der Waals surface area contributed by atoms with Gasteiger partial charge in [-0.1, -0.05) is 35.3 Å². The van der Waals surface area contributed by atoms with Gasteiger partial charge in [-0.3, -0.25) is 4.79 Å². The number of carbonyl (C=O) groups is 1. The molecule has 2 aliphatic rings. The van der Waals surface area contributed by atoms with E-state index in [9.17, 15) is 13.2 Å². The molecule has 2 aromatic heterocycles. The second kappa shape index (κ2) is 16.4. The molecule has 2 fully saturated rings. The first-order valence-corrected chi connectivity index (χ1v) is 19.1. The minimum absolute atomic E-state index is 0.0181. The third-order valence-corrected chi connectivity index (χ3v) is 12.2. The molecule has 0 radical (unpaired) electrons. The van der Waals surface area contributed by atoms with Crippen molar-refractivity contribution in [3.63, 3.8) is 0 Å². The van der Waals surface area contributed by atoms with Crippen LogP contribution in [0, 0.1) is 12.8 Å². The fourth-order valence-corrected chi connectivity index (χ4v) is 9.19. The van der Waals surface area contributed by atoms with Gasteiger partial charge in [-0.15, -0.1) is 0 Å². The second-order valence-corrected chi connectivity index (χ2v) is 15.3. The summed E-state index contributed by atoms with van der Waals surface area (Å²) in [6.45, 7) is 6.05. The van der Waals surface area contributed by atoms with Crippen molar-refractivity contribution in [3.8, 4) is 11.4 Å². The van der Waals surface area contributed by atoms with E-state index in [-0.39, 0.29) is 40.6 Å². The van der Waals surface area contributed by atoms with Crippen LogP contribution in [-0.2, 0) is 26.2 Å². The fraction of sp³-hybridized carbons (Fsp3) is 0.457. The number of nitrogens with one attached hydrogen (secondary N) is 1. The SMILES string of the molecule is Cc1cc(-n2ccnc2)c2cccc(OCc3c(Cl)ccc(S(=O)(=O)N4CCC[C@H]4C(=O)NCC4CCN(CCOCCO)CC4)c3Cl)c2n1. The highest BCUT2D eigenvalue weighted by Crippen LogP contribution is 2.37. The summed E-state index contributed by atoms with van der Waals surface area (Å²) in [4.78, 5) is 24.5. The molecule has 268 valence electrons. The van der Waals surface area contributed by atoms with Crippen molar-refractivity contribution in [2.45, 2.75) is 50.2 Å². The molecule has 12 nitrogen and oxygen atoms in total. The molecule has 0 spiro atoms. The number of hydrogen-bond acceptors (Lipinski definition) is 9. The average molecular weight is 746 g/mol. The average Bonchev–Trinajstić information content (AvgIpc) is 3.83. The largest absolute Gasteiger partial charge is 0.487 e. The van der Waals surface area contributed by atoms with Gasteiger partial charge in [0.05, 0.1) is 36.9 Å². The van der Waals surface area contributed by atoms with Gasteiger partial charge in [0.2, 0.25) is 15.9 Å². The molecule has 0 aliphatic carbocycles. The van der Waals surface area contributed by atoms with Crippen LogP contribution in [0.25, 0.3) is 16.6 Å². The lowest BCUT2D eigenvalue weighted by Crippen LogP contribution is -2.47. The molecule has 6 rings (SSSR count). The fourth-order valence-electron chi connectivity index (χ4n) is 6.67. The number of hydrogen-bond donors (Lipinski definition) is 2. The number of sulfonamides is 1. The van der Waals surface area contributed by atoms with Crippen molar-refractivity contribution in [2.75, 3.05) is 52.5 Å². The van der Waals surface area contributed by atoms with Crippen LogP contribution in [-0.4, -0.2) is 102 Å². The normalized spacial score (nSPS) is 17.8. The van der Waals surface area contributed by atoms with E-state index in [0.717, 1.165) is 49.2 Å². The zero-order chi connectivity index (χ0) is 35.3. The van der Waals surface area contributed by atoms with E-state index >= 15 is 0 Å². The van der Waals surface area contributed by atoms with E-state index < -0.39 is 16.1 Å². The summed E-state index contributed by atoms with van der Waals surface area (Å²) in [5.41, 5.74) is 2.63. The van der Waals surface area contributed by atoms with Crippen molar-refractivity contribution < 1.29 is 27.8 Å². The van der Waals surface area contributed by atoms with Gasteiger partial charge in [0.25, 0.3) is 0 Å². The molecule has 1 amide bonds. The van der Waals surface area contributed by atoms with Gasteiger partial charge in [-0.05, 0) is 75.9 Å². The first kappa shape index (κ1) is 36.5. The van der Waals surface area contributed by atoms with Crippen LogP contribution in [0.3, 0.4) is 0 Å². The molecule has 15 heteroatoms. The molecule has 4 aromatic rings. The first-order chi connectivity index (χ1) is 24.2. The number of halogens is 2. The highest BCUT2D eigenvalue weighted by molar-refractivity contribution is 7.89. The monoisotopic (exact) mass is 744 g/mol. The number of benzene rings is 2. The summed E-state index contributed by atoms with van der Waals surface area (Å²) in [7, 11) is -4.15. The Labute approximate surface area is 302 Å². The van der Waals surface area contributed by atoms with Crippen LogP contribution in [0.4, 0.5) is 0 Å². The number of aliphatic hydroxyl groups is 1. The van der Waals surface area contributed by atoms with Gasteiger partial charge in [-0.25, -0.2) is 18.4 Å². The molecule has 1 atom stereocenters. The Morgan fingerprint density at radius 2 is 1.92 bits per heavy atom. The number of aromatic nitrogens is 3. The molecular weight excluding hydrogens is 703 g/mol. The molecule has 50 heavy (non-hydrogen) atoms. The number of ether oxygens (including phenoxy) is 2. The number of aryl methyl sites for hydroxylation is 1. The number of rotatable bonds is 14. The van der Waals surface area contributed by atoms with Gasteiger partial charge in [0.1, 0.15) is 28.8 Å². The summed E-state index contributed by atoms with van der Waals surface area (Å²) in [6.07, 6.45) is 8.11. The molecule has 0 bridgehead atoms. The number of piperidine rings is 1. The lowest BCUT2D eigenvalue weighted by Gasteiger charge is -2.32. The number of fused-ring (bicyclic) bond motifs is 1. The Morgan fingerprint density at radius 1 is 1.10 bits per heavy atom. The number of likely N-dealkylation sites (tertiary alicyclic amines) is 1. The summed E-state index contributed by atoms with van der Waals surface area (Å²) < 4.78 is 42.9. The van der Waals surface area contributed by atoms with Crippen LogP contribution >= 0.6 is 23.2 Å². The molecular formula is C35H42Cl2N6O6S. The summed E-state index contributed by atoms with van der Waals surface area (Å²) >= 11 is 13.4. The summed E-state index contributed by atoms with van der Waals surface area (Å²) in [5, 5.41) is 13.0. The third kappa shape index (κ3) is 8.09. The van der Waals surface area contributed by atoms with Crippen molar-refractivity contribution >= 4 is 50.0 Å². The summed E-state index contributed by atoms with van der Waals surface area (Å²) in [6, 6.07) is 9.62. The maximum absolute atomic E-state index is 14.1. The van der Waals surface area contributed by atoms with E-state index in [2.05, 4.69) is 15.2 Å². The van der Waals surface area contributed by atoms with Crippen molar-refractivity contribution in [3.05, 3.63) is 76.4 Å². The minimum Gasteiger partial charge on any atom is -0.487 e. The molecule has 2 aromatic carbocycles. The molecule has 2 saturated heterocycles. The quantitative estimate of drug-likeness (QED) is 0.177. The van der Waals surface area contributed by atoms with E-state index in [1.165, 1.54) is 16.4 Å². The van der Waals surface area contributed by atoms with E-state index in [4.69, 9.17) is 42.8 Å². The number of para-hydroxylation sites is 1. The maximum atomic E-state index is 14.1. The van der Waals surface area contributed by atoms with Gasteiger partial charge < -0.3 is 29.4 Å². The van der Waals surface area contributed by atoms with Crippen LogP contribution in [0.2, 0.25) is 10.0 Å². The van der Waals surface area contributed by atoms with Crippen LogP contribution in [0.1, 0.15) is 36.9 Å². The van der Waals surface area contributed by atoms with Gasteiger partial charge >= 0.3 is 0 Å². The highest BCUT2D eigenvalue weighted by Gasteiger charge is 2.41.